The van der Waals surface area contributed by atoms with Crippen LogP contribution in [-0.2, 0) is 12.4 Å². The Bertz CT molecular complexity index is 1340. The van der Waals surface area contributed by atoms with Crippen LogP contribution in [0.15, 0.2) is 65.6 Å². The Morgan fingerprint density at radius 1 is 1.03 bits per heavy atom. The standard InChI is InChI=1S/C22H15F6N5O2/c1-12(15-6-5-13(21(23,24)25)8-16(15)22(26,27)28)33-11-14(9-31-33)32-19(34)18-10-30-20(35-18)17-4-2-3-7-29-17/h2-12H,1H3,(H,32,34)/t12-/m0/s1. The number of halogens is 6. The number of carbonyl (C=O) groups excluding carboxylic acids is 1. The van der Waals surface area contributed by atoms with E-state index in [0.29, 0.717) is 11.8 Å². The number of alkyl halides is 6. The molecule has 0 aliphatic rings. The largest absolute Gasteiger partial charge is 0.429 e. The number of aromatic nitrogens is 4. The van der Waals surface area contributed by atoms with Crippen LogP contribution < -0.4 is 5.32 Å². The molecular weight excluding hydrogens is 480 g/mol. The number of rotatable bonds is 5. The second-order valence-corrected chi connectivity index (χ2v) is 7.38. The molecule has 1 amide bonds. The molecule has 3 heterocycles. The summed E-state index contributed by atoms with van der Waals surface area (Å²) < 4.78 is 85.8. The van der Waals surface area contributed by atoms with Gasteiger partial charge in [0.2, 0.25) is 11.7 Å². The van der Waals surface area contributed by atoms with Crippen molar-refractivity contribution in [2.45, 2.75) is 25.3 Å². The first-order valence-corrected chi connectivity index (χ1v) is 9.94. The molecule has 0 saturated heterocycles. The highest BCUT2D eigenvalue weighted by Gasteiger charge is 2.39. The van der Waals surface area contributed by atoms with Gasteiger partial charge >= 0.3 is 12.4 Å². The van der Waals surface area contributed by atoms with Crippen molar-refractivity contribution >= 4 is 11.6 Å². The number of amides is 1. The molecular formula is C22H15F6N5O2. The van der Waals surface area contributed by atoms with Crippen molar-refractivity contribution in [3.05, 3.63) is 83.6 Å². The molecule has 0 bridgehead atoms. The normalized spacial score (nSPS) is 13.0. The van der Waals surface area contributed by atoms with Crippen molar-refractivity contribution < 1.29 is 35.6 Å². The van der Waals surface area contributed by atoms with Gasteiger partial charge in [-0.1, -0.05) is 12.1 Å². The Morgan fingerprint density at radius 2 is 1.80 bits per heavy atom. The molecule has 13 heteroatoms. The number of oxazole rings is 1. The van der Waals surface area contributed by atoms with Crippen LogP contribution in [-0.4, -0.2) is 25.7 Å². The van der Waals surface area contributed by atoms with Gasteiger partial charge < -0.3 is 9.73 Å². The van der Waals surface area contributed by atoms with Gasteiger partial charge in [-0.25, -0.2) is 4.98 Å². The van der Waals surface area contributed by atoms with Crippen LogP contribution in [0.4, 0.5) is 32.0 Å². The van der Waals surface area contributed by atoms with E-state index in [1.165, 1.54) is 31.7 Å². The number of pyridine rings is 1. The Morgan fingerprint density at radius 3 is 2.46 bits per heavy atom. The lowest BCUT2D eigenvalue weighted by Crippen LogP contribution is -2.17. The van der Waals surface area contributed by atoms with Gasteiger partial charge in [0.1, 0.15) is 5.69 Å². The highest BCUT2D eigenvalue weighted by atomic mass is 19.4. The van der Waals surface area contributed by atoms with E-state index in [9.17, 15) is 31.1 Å². The SMILES string of the molecule is C[C@@H](c1ccc(C(F)(F)F)cc1C(F)(F)F)n1cc(NC(=O)c2cnc(-c3ccccn3)o2)cn1. The lowest BCUT2D eigenvalue weighted by atomic mass is 9.98. The summed E-state index contributed by atoms with van der Waals surface area (Å²) in [6, 6.07) is 5.36. The smallest absolute Gasteiger partial charge is 0.416 e. The molecule has 7 nitrogen and oxygen atoms in total. The molecule has 0 radical (unpaired) electrons. The maximum atomic E-state index is 13.5. The van der Waals surface area contributed by atoms with Gasteiger partial charge in [0, 0.05) is 12.4 Å². The van der Waals surface area contributed by atoms with Crippen LogP contribution in [0.1, 0.15) is 40.2 Å². The number of hydrogen-bond acceptors (Lipinski definition) is 5. The van der Waals surface area contributed by atoms with Crippen molar-refractivity contribution in [3.8, 4) is 11.6 Å². The van der Waals surface area contributed by atoms with Crippen LogP contribution in [0.2, 0.25) is 0 Å². The van der Waals surface area contributed by atoms with Crippen LogP contribution in [0, 0.1) is 0 Å². The second kappa shape index (κ2) is 8.89. The summed E-state index contributed by atoms with van der Waals surface area (Å²) in [5.41, 5.74) is -2.72. The van der Waals surface area contributed by atoms with Gasteiger partial charge in [-0.2, -0.15) is 31.4 Å². The van der Waals surface area contributed by atoms with E-state index in [1.54, 1.807) is 18.2 Å². The third kappa shape index (κ3) is 5.18. The van der Waals surface area contributed by atoms with Crippen molar-refractivity contribution in [1.29, 1.82) is 0 Å². The third-order valence-corrected chi connectivity index (χ3v) is 5.01. The molecule has 1 atom stereocenters. The average Bonchev–Trinajstić information content (AvgIpc) is 3.48. The Hall–Kier alpha value is -4.16. The predicted molar refractivity (Wildman–Crippen MR) is 110 cm³/mol. The maximum Gasteiger partial charge on any atom is 0.416 e. The number of anilines is 1. The summed E-state index contributed by atoms with van der Waals surface area (Å²) in [7, 11) is 0. The highest BCUT2D eigenvalue weighted by molar-refractivity contribution is 6.02. The van der Waals surface area contributed by atoms with E-state index in [-0.39, 0.29) is 23.4 Å². The minimum Gasteiger partial charge on any atom is -0.429 e. The summed E-state index contributed by atoms with van der Waals surface area (Å²) >= 11 is 0. The van der Waals surface area contributed by atoms with E-state index in [2.05, 4.69) is 20.4 Å². The molecule has 1 aromatic carbocycles. The van der Waals surface area contributed by atoms with Crippen LogP contribution >= 0.6 is 0 Å². The quantitative estimate of drug-likeness (QED) is 0.352. The monoisotopic (exact) mass is 495 g/mol. The minimum absolute atomic E-state index is 0.0705. The molecule has 0 spiro atoms. The molecule has 0 aliphatic heterocycles. The van der Waals surface area contributed by atoms with Gasteiger partial charge in [-0.05, 0) is 36.8 Å². The molecule has 3 aromatic heterocycles. The molecule has 4 aromatic rings. The number of nitrogens with one attached hydrogen (secondary N) is 1. The maximum absolute atomic E-state index is 13.5. The van der Waals surface area contributed by atoms with E-state index in [0.717, 1.165) is 10.7 Å². The van der Waals surface area contributed by atoms with E-state index in [4.69, 9.17) is 4.42 Å². The number of benzene rings is 1. The zero-order valence-corrected chi connectivity index (χ0v) is 17.7. The molecule has 0 fully saturated rings. The van der Waals surface area contributed by atoms with Gasteiger partial charge in [0.05, 0.1) is 35.2 Å². The highest BCUT2D eigenvalue weighted by Crippen LogP contribution is 2.39. The molecule has 0 aliphatic carbocycles. The first kappa shape index (κ1) is 24.0. The fraction of sp³-hybridized carbons (Fsp3) is 0.182. The second-order valence-electron chi connectivity index (χ2n) is 7.38. The van der Waals surface area contributed by atoms with Gasteiger partial charge in [-0.15, -0.1) is 0 Å². The molecule has 1 N–H and O–H groups in total. The summed E-state index contributed by atoms with van der Waals surface area (Å²) in [6.07, 6.45) is -4.81. The van der Waals surface area contributed by atoms with E-state index >= 15 is 0 Å². The van der Waals surface area contributed by atoms with Gasteiger partial charge in [0.15, 0.2) is 0 Å². The predicted octanol–water partition coefficient (Wildman–Crippen LogP) is 5.83. The summed E-state index contributed by atoms with van der Waals surface area (Å²) in [4.78, 5) is 20.5. The lowest BCUT2D eigenvalue weighted by molar-refractivity contribution is -0.143. The number of nitrogens with zero attached hydrogens (tertiary/aromatic N) is 4. The van der Waals surface area contributed by atoms with Gasteiger partial charge in [0.25, 0.3) is 5.91 Å². The first-order chi connectivity index (χ1) is 16.4. The fourth-order valence-corrected chi connectivity index (χ4v) is 3.28. The summed E-state index contributed by atoms with van der Waals surface area (Å²) in [6.45, 7) is 1.34. The van der Waals surface area contributed by atoms with E-state index < -0.39 is 41.0 Å². The van der Waals surface area contributed by atoms with Crippen LogP contribution in [0.5, 0.6) is 0 Å². The number of carbonyl (C=O) groups is 1. The van der Waals surface area contributed by atoms with Crippen LogP contribution in [0.3, 0.4) is 0 Å². The Balaban J connectivity index is 1.54. The molecule has 182 valence electrons. The number of hydrogen-bond donors (Lipinski definition) is 1. The molecule has 4 rings (SSSR count). The molecule has 0 unspecified atom stereocenters. The Labute approximate surface area is 193 Å². The molecule has 0 saturated carbocycles. The van der Waals surface area contributed by atoms with Crippen molar-refractivity contribution in [3.63, 3.8) is 0 Å². The van der Waals surface area contributed by atoms with Crippen molar-refractivity contribution in [2.24, 2.45) is 0 Å². The van der Waals surface area contributed by atoms with Crippen molar-refractivity contribution in [2.75, 3.05) is 5.32 Å². The third-order valence-electron chi connectivity index (χ3n) is 5.01. The van der Waals surface area contributed by atoms with E-state index in [1.807, 2.05) is 0 Å². The minimum atomic E-state index is -5.02. The lowest BCUT2D eigenvalue weighted by Gasteiger charge is -2.20. The zero-order chi connectivity index (χ0) is 25.4. The first-order valence-electron chi connectivity index (χ1n) is 9.94. The summed E-state index contributed by atoms with van der Waals surface area (Å²) in [5, 5.41) is 6.42. The van der Waals surface area contributed by atoms with Crippen molar-refractivity contribution in [1.82, 2.24) is 19.7 Å². The van der Waals surface area contributed by atoms with Crippen LogP contribution in [0.25, 0.3) is 11.6 Å². The molecule has 35 heavy (non-hydrogen) atoms. The van der Waals surface area contributed by atoms with Gasteiger partial charge in [-0.3, -0.25) is 14.5 Å². The fourth-order valence-electron chi connectivity index (χ4n) is 3.28. The zero-order valence-electron chi connectivity index (χ0n) is 17.7. The summed E-state index contributed by atoms with van der Waals surface area (Å²) in [5.74, 6) is -0.729. The topological polar surface area (TPSA) is 85.8 Å². The average molecular weight is 495 g/mol. The Kier molecular flexibility index (Phi) is 6.09.